The highest BCUT2D eigenvalue weighted by molar-refractivity contribution is 4.95. The molecule has 0 aliphatic heterocycles. The minimum atomic E-state index is -1.79. The van der Waals surface area contributed by atoms with Crippen LogP contribution in [0.2, 0.25) is 0 Å². The first-order valence-corrected chi connectivity index (χ1v) is 6.96. The molecule has 0 heterocycles. The highest BCUT2D eigenvalue weighted by Gasteiger charge is 2.44. The second-order valence-corrected chi connectivity index (χ2v) is 5.12. The normalized spacial score (nSPS) is 20.6. The largest absolute Gasteiger partial charge is 0.394 e. The van der Waals surface area contributed by atoms with E-state index in [0.717, 1.165) is 0 Å². The molecule has 5 atom stereocenters. The van der Waals surface area contributed by atoms with Crippen LogP contribution in [0.3, 0.4) is 0 Å². The van der Waals surface area contributed by atoms with Crippen molar-refractivity contribution in [3.05, 3.63) is 0 Å². The topological polar surface area (TPSA) is 140 Å². The SMILES string of the molecule is CC(O)COC(C)C(O)(CC(O)CO)C(CO)OCCO. The molecular formula is C13H28O8. The second-order valence-electron chi connectivity index (χ2n) is 5.12. The average Bonchev–Trinajstić information content (AvgIpc) is 2.44. The molecule has 6 N–H and O–H groups in total. The lowest BCUT2D eigenvalue weighted by Gasteiger charge is -2.40. The Hall–Kier alpha value is -0.320. The van der Waals surface area contributed by atoms with Crippen LogP contribution >= 0.6 is 0 Å². The number of rotatable bonds is 12. The van der Waals surface area contributed by atoms with Crippen LogP contribution in [0.1, 0.15) is 20.3 Å². The Kier molecular flexibility index (Phi) is 10.3. The van der Waals surface area contributed by atoms with E-state index in [1.165, 1.54) is 13.8 Å². The predicted molar refractivity (Wildman–Crippen MR) is 73.7 cm³/mol. The van der Waals surface area contributed by atoms with E-state index in [2.05, 4.69) is 0 Å². The minimum absolute atomic E-state index is 0.0448. The molecule has 0 saturated carbocycles. The van der Waals surface area contributed by atoms with Gasteiger partial charge in [-0.15, -0.1) is 0 Å². The van der Waals surface area contributed by atoms with Gasteiger partial charge in [0.15, 0.2) is 0 Å². The van der Waals surface area contributed by atoms with Gasteiger partial charge in [0.05, 0.1) is 51.3 Å². The van der Waals surface area contributed by atoms with Crippen LogP contribution in [-0.4, -0.2) is 93.7 Å². The molecule has 0 rings (SSSR count). The smallest absolute Gasteiger partial charge is 0.121 e. The third kappa shape index (κ3) is 6.98. The molecule has 8 nitrogen and oxygen atoms in total. The second kappa shape index (κ2) is 10.4. The van der Waals surface area contributed by atoms with Gasteiger partial charge in [0.1, 0.15) is 11.7 Å². The van der Waals surface area contributed by atoms with Crippen LogP contribution in [0, 0.1) is 0 Å². The molecule has 0 aliphatic carbocycles. The predicted octanol–water partition coefficient (Wildman–Crippen LogP) is -2.38. The summed E-state index contributed by atoms with van der Waals surface area (Å²) in [5, 5.41) is 56.7. The van der Waals surface area contributed by atoms with Gasteiger partial charge in [-0.05, 0) is 13.8 Å². The first-order valence-electron chi connectivity index (χ1n) is 6.96. The Bertz CT molecular complexity index is 263. The van der Waals surface area contributed by atoms with Gasteiger partial charge >= 0.3 is 0 Å². The summed E-state index contributed by atoms with van der Waals surface area (Å²) in [5.41, 5.74) is -1.79. The maximum atomic E-state index is 10.7. The summed E-state index contributed by atoms with van der Waals surface area (Å²) in [5.74, 6) is 0. The number of ether oxygens (including phenoxy) is 2. The van der Waals surface area contributed by atoms with Crippen molar-refractivity contribution >= 4 is 0 Å². The van der Waals surface area contributed by atoms with Crippen molar-refractivity contribution in [2.24, 2.45) is 0 Å². The van der Waals surface area contributed by atoms with Crippen LogP contribution in [-0.2, 0) is 9.47 Å². The molecule has 0 bridgehead atoms. The Balaban J connectivity index is 5.02. The van der Waals surface area contributed by atoms with E-state index in [1.54, 1.807) is 0 Å². The number of aliphatic hydroxyl groups is 6. The maximum absolute atomic E-state index is 10.7. The molecular weight excluding hydrogens is 284 g/mol. The number of aliphatic hydroxyl groups excluding tert-OH is 5. The van der Waals surface area contributed by atoms with E-state index in [-0.39, 0.29) is 26.2 Å². The van der Waals surface area contributed by atoms with E-state index in [4.69, 9.17) is 19.7 Å². The van der Waals surface area contributed by atoms with Crippen LogP contribution in [0.4, 0.5) is 0 Å². The van der Waals surface area contributed by atoms with Gasteiger partial charge in [-0.2, -0.15) is 0 Å². The van der Waals surface area contributed by atoms with Crippen molar-refractivity contribution in [2.75, 3.05) is 33.0 Å². The molecule has 0 radical (unpaired) electrons. The Labute approximate surface area is 124 Å². The van der Waals surface area contributed by atoms with E-state index < -0.39 is 43.2 Å². The Morgan fingerprint density at radius 1 is 1.00 bits per heavy atom. The highest BCUT2D eigenvalue weighted by atomic mass is 16.5. The third-order valence-electron chi connectivity index (χ3n) is 3.20. The summed E-state index contributed by atoms with van der Waals surface area (Å²) < 4.78 is 10.5. The van der Waals surface area contributed by atoms with Crippen molar-refractivity contribution in [3.63, 3.8) is 0 Å². The molecule has 0 aromatic carbocycles. The molecule has 0 aromatic rings. The first-order chi connectivity index (χ1) is 9.81. The minimum Gasteiger partial charge on any atom is -0.394 e. The van der Waals surface area contributed by atoms with Gasteiger partial charge in [-0.25, -0.2) is 0 Å². The van der Waals surface area contributed by atoms with Crippen LogP contribution in [0.5, 0.6) is 0 Å². The molecule has 5 unspecified atom stereocenters. The lowest BCUT2D eigenvalue weighted by Crippen LogP contribution is -2.57. The lowest BCUT2D eigenvalue weighted by molar-refractivity contribution is -0.206. The quantitative estimate of drug-likeness (QED) is 0.235. The summed E-state index contributed by atoms with van der Waals surface area (Å²) in [6, 6.07) is 0. The van der Waals surface area contributed by atoms with Crippen LogP contribution in [0.25, 0.3) is 0 Å². The van der Waals surface area contributed by atoms with Gasteiger partial charge in [0, 0.05) is 6.42 Å². The van der Waals surface area contributed by atoms with Crippen LogP contribution < -0.4 is 0 Å². The lowest BCUT2D eigenvalue weighted by atomic mass is 9.85. The van der Waals surface area contributed by atoms with Crippen LogP contribution in [0.15, 0.2) is 0 Å². The zero-order chi connectivity index (χ0) is 16.5. The summed E-state index contributed by atoms with van der Waals surface area (Å²) in [6.07, 6.45) is -4.26. The van der Waals surface area contributed by atoms with E-state index in [1.807, 2.05) is 0 Å². The molecule has 8 heteroatoms. The van der Waals surface area contributed by atoms with Gasteiger partial charge in [-0.3, -0.25) is 0 Å². The number of hydrogen-bond donors (Lipinski definition) is 6. The molecule has 0 aromatic heterocycles. The summed E-state index contributed by atoms with van der Waals surface area (Å²) in [6.45, 7) is 1.46. The van der Waals surface area contributed by atoms with Gasteiger partial charge in [0.2, 0.25) is 0 Å². The summed E-state index contributed by atoms with van der Waals surface area (Å²) in [4.78, 5) is 0. The van der Waals surface area contributed by atoms with Crippen molar-refractivity contribution in [3.8, 4) is 0 Å². The zero-order valence-electron chi connectivity index (χ0n) is 12.6. The molecule has 0 saturated heterocycles. The van der Waals surface area contributed by atoms with Gasteiger partial charge < -0.3 is 40.1 Å². The van der Waals surface area contributed by atoms with Gasteiger partial charge in [0.25, 0.3) is 0 Å². The van der Waals surface area contributed by atoms with Crippen molar-refractivity contribution in [2.45, 2.75) is 50.3 Å². The van der Waals surface area contributed by atoms with E-state index in [9.17, 15) is 20.4 Å². The molecule has 0 aliphatic rings. The maximum Gasteiger partial charge on any atom is 0.121 e. The Morgan fingerprint density at radius 3 is 2.05 bits per heavy atom. The summed E-state index contributed by atoms with van der Waals surface area (Å²) in [7, 11) is 0. The fourth-order valence-electron chi connectivity index (χ4n) is 1.98. The average molecular weight is 312 g/mol. The highest BCUT2D eigenvalue weighted by Crippen LogP contribution is 2.27. The van der Waals surface area contributed by atoms with Gasteiger partial charge in [-0.1, -0.05) is 0 Å². The fraction of sp³-hybridized carbons (Fsp3) is 1.00. The number of hydrogen-bond acceptors (Lipinski definition) is 8. The zero-order valence-corrected chi connectivity index (χ0v) is 12.6. The summed E-state index contributed by atoms with van der Waals surface area (Å²) >= 11 is 0. The molecule has 21 heavy (non-hydrogen) atoms. The molecule has 0 spiro atoms. The molecule has 0 fully saturated rings. The van der Waals surface area contributed by atoms with Crippen molar-refractivity contribution in [1.82, 2.24) is 0 Å². The standard InChI is InChI=1S/C13H28O8/c1-9(17)8-21-10(2)13(19,5-11(18)6-15)12(7-16)20-4-3-14/h9-12,14-19H,3-8H2,1-2H3. The van der Waals surface area contributed by atoms with Crippen molar-refractivity contribution < 1.29 is 40.1 Å². The van der Waals surface area contributed by atoms with Crippen molar-refractivity contribution in [1.29, 1.82) is 0 Å². The Morgan fingerprint density at radius 2 is 1.62 bits per heavy atom. The first kappa shape index (κ1) is 20.7. The van der Waals surface area contributed by atoms with E-state index in [0.29, 0.717) is 0 Å². The molecule has 128 valence electrons. The fourth-order valence-corrected chi connectivity index (χ4v) is 1.98. The monoisotopic (exact) mass is 312 g/mol. The molecule has 0 amide bonds. The van der Waals surface area contributed by atoms with E-state index >= 15 is 0 Å². The third-order valence-corrected chi connectivity index (χ3v) is 3.20.